The van der Waals surface area contributed by atoms with Crippen molar-refractivity contribution < 1.29 is 9.90 Å². The van der Waals surface area contributed by atoms with Crippen molar-refractivity contribution in [2.45, 2.75) is 12.5 Å². The quantitative estimate of drug-likeness (QED) is 0.914. The third-order valence-electron chi connectivity index (χ3n) is 3.58. The summed E-state index contributed by atoms with van der Waals surface area (Å²) in [7, 11) is 0. The summed E-state index contributed by atoms with van der Waals surface area (Å²) in [4.78, 5) is 13.1. The van der Waals surface area contributed by atoms with E-state index in [1.54, 1.807) is 0 Å². The second-order valence-corrected chi connectivity index (χ2v) is 4.78. The highest BCUT2D eigenvalue weighted by Gasteiger charge is 2.31. The first-order chi connectivity index (χ1) is 9.25. The SMILES string of the molecule is O=C(O)CN1c2ccccc2CC1c1ccccc1. The largest absolute Gasteiger partial charge is 0.480 e. The molecule has 3 rings (SSSR count). The molecule has 19 heavy (non-hydrogen) atoms. The van der Waals surface area contributed by atoms with Crippen molar-refractivity contribution in [3.63, 3.8) is 0 Å². The lowest BCUT2D eigenvalue weighted by Gasteiger charge is -2.26. The van der Waals surface area contributed by atoms with Gasteiger partial charge in [0.25, 0.3) is 0 Å². The zero-order valence-electron chi connectivity index (χ0n) is 10.5. The number of carbonyl (C=O) groups is 1. The first-order valence-electron chi connectivity index (χ1n) is 6.37. The third kappa shape index (κ3) is 2.19. The zero-order valence-corrected chi connectivity index (χ0v) is 10.5. The van der Waals surface area contributed by atoms with Crippen LogP contribution in [0.4, 0.5) is 5.69 Å². The molecule has 0 aromatic heterocycles. The van der Waals surface area contributed by atoms with Crippen molar-refractivity contribution >= 4 is 11.7 Å². The van der Waals surface area contributed by atoms with Crippen LogP contribution in [0.1, 0.15) is 17.2 Å². The van der Waals surface area contributed by atoms with E-state index in [1.165, 1.54) is 11.1 Å². The van der Waals surface area contributed by atoms with Gasteiger partial charge in [-0.2, -0.15) is 0 Å². The van der Waals surface area contributed by atoms with E-state index in [9.17, 15) is 4.79 Å². The maximum absolute atomic E-state index is 11.1. The molecule has 1 aliphatic heterocycles. The number of carboxylic acid groups (broad SMARTS) is 1. The van der Waals surface area contributed by atoms with E-state index in [2.05, 4.69) is 18.2 Å². The smallest absolute Gasteiger partial charge is 0.323 e. The number of para-hydroxylation sites is 1. The van der Waals surface area contributed by atoms with Crippen LogP contribution in [0, 0.1) is 0 Å². The Bertz CT molecular complexity index is 595. The highest BCUT2D eigenvalue weighted by Crippen LogP contribution is 2.39. The Morgan fingerprint density at radius 2 is 1.79 bits per heavy atom. The minimum atomic E-state index is -0.794. The van der Waals surface area contributed by atoms with E-state index in [-0.39, 0.29) is 12.6 Å². The lowest BCUT2D eigenvalue weighted by molar-refractivity contribution is -0.135. The average Bonchev–Trinajstić information content (AvgIpc) is 2.78. The van der Waals surface area contributed by atoms with Crippen LogP contribution in [-0.2, 0) is 11.2 Å². The monoisotopic (exact) mass is 253 g/mol. The number of rotatable bonds is 3. The maximum Gasteiger partial charge on any atom is 0.323 e. The molecule has 3 heteroatoms. The van der Waals surface area contributed by atoms with Gasteiger partial charge in [-0.1, -0.05) is 48.5 Å². The Kier molecular flexibility index (Phi) is 2.95. The van der Waals surface area contributed by atoms with Crippen molar-refractivity contribution in [1.29, 1.82) is 0 Å². The van der Waals surface area contributed by atoms with E-state index >= 15 is 0 Å². The van der Waals surface area contributed by atoms with Gasteiger partial charge in [0.2, 0.25) is 0 Å². The fourth-order valence-corrected chi connectivity index (χ4v) is 2.76. The van der Waals surface area contributed by atoms with Crippen molar-refractivity contribution in [3.8, 4) is 0 Å². The molecular weight excluding hydrogens is 238 g/mol. The number of nitrogens with zero attached hydrogens (tertiary/aromatic N) is 1. The zero-order chi connectivity index (χ0) is 13.2. The number of anilines is 1. The van der Waals surface area contributed by atoms with Crippen LogP contribution >= 0.6 is 0 Å². The lowest BCUT2D eigenvalue weighted by Crippen LogP contribution is -2.30. The Morgan fingerprint density at radius 3 is 2.53 bits per heavy atom. The maximum atomic E-state index is 11.1. The molecule has 1 N–H and O–H groups in total. The van der Waals surface area contributed by atoms with Crippen molar-refractivity contribution in [3.05, 3.63) is 65.7 Å². The molecule has 0 fully saturated rings. The number of benzene rings is 2. The normalized spacial score (nSPS) is 17.3. The summed E-state index contributed by atoms with van der Waals surface area (Å²) in [5, 5.41) is 9.12. The summed E-state index contributed by atoms with van der Waals surface area (Å²) in [6.45, 7) is 0.0383. The van der Waals surface area contributed by atoms with E-state index in [4.69, 9.17) is 5.11 Å². The van der Waals surface area contributed by atoms with Gasteiger partial charge >= 0.3 is 5.97 Å². The average molecular weight is 253 g/mol. The van der Waals surface area contributed by atoms with Gasteiger partial charge in [-0.05, 0) is 23.6 Å². The lowest BCUT2D eigenvalue weighted by atomic mass is 10.0. The minimum absolute atomic E-state index is 0.0383. The third-order valence-corrected chi connectivity index (χ3v) is 3.58. The first kappa shape index (κ1) is 11.8. The Hall–Kier alpha value is -2.29. The standard InChI is InChI=1S/C16H15NO2/c18-16(19)11-17-14-9-5-4-8-13(14)10-15(17)12-6-2-1-3-7-12/h1-9,15H,10-11H2,(H,18,19). The number of fused-ring (bicyclic) bond motifs is 1. The van der Waals surface area contributed by atoms with Gasteiger partial charge in [0.05, 0.1) is 6.04 Å². The number of hydrogen-bond donors (Lipinski definition) is 1. The summed E-state index contributed by atoms with van der Waals surface area (Å²) in [6.07, 6.45) is 0.869. The molecule has 0 bridgehead atoms. The van der Waals surface area contributed by atoms with Gasteiger partial charge in [0, 0.05) is 5.69 Å². The Morgan fingerprint density at radius 1 is 1.11 bits per heavy atom. The van der Waals surface area contributed by atoms with Gasteiger partial charge in [-0.3, -0.25) is 4.79 Å². The fraction of sp³-hybridized carbons (Fsp3) is 0.188. The summed E-state index contributed by atoms with van der Waals surface area (Å²) < 4.78 is 0. The number of hydrogen-bond acceptors (Lipinski definition) is 2. The summed E-state index contributed by atoms with van der Waals surface area (Å²) in [5.74, 6) is -0.794. The second kappa shape index (κ2) is 4.76. The summed E-state index contributed by atoms with van der Waals surface area (Å²) >= 11 is 0. The molecule has 1 heterocycles. The molecule has 0 spiro atoms. The fourth-order valence-electron chi connectivity index (χ4n) is 2.76. The predicted octanol–water partition coefficient (Wildman–Crippen LogP) is 2.88. The summed E-state index contributed by atoms with van der Waals surface area (Å²) in [6, 6.07) is 18.3. The predicted molar refractivity (Wildman–Crippen MR) is 74.3 cm³/mol. The van der Waals surface area contributed by atoms with Gasteiger partial charge in [-0.15, -0.1) is 0 Å². The molecule has 0 amide bonds. The first-order valence-corrected chi connectivity index (χ1v) is 6.37. The van der Waals surface area contributed by atoms with E-state index < -0.39 is 5.97 Å². The molecule has 2 aromatic carbocycles. The van der Waals surface area contributed by atoms with E-state index in [1.807, 2.05) is 41.3 Å². The van der Waals surface area contributed by atoms with Gasteiger partial charge < -0.3 is 10.0 Å². The van der Waals surface area contributed by atoms with Crippen LogP contribution in [0.2, 0.25) is 0 Å². The van der Waals surface area contributed by atoms with Gasteiger partial charge in [0.15, 0.2) is 0 Å². The molecule has 0 saturated heterocycles. The van der Waals surface area contributed by atoms with Crippen LogP contribution in [0.25, 0.3) is 0 Å². The van der Waals surface area contributed by atoms with Crippen LogP contribution < -0.4 is 4.90 Å². The van der Waals surface area contributed by atoms with Crippen LogP contribution in [0.3, 0.4) is 0 Å². The van der Waals surface area contributed by atoms with Crippen LogP contribution in [-0.4, -0.2) is 17.6 Å². The molecule has 0 radical (unpaired) electrons. The molecule has 1 atom stereocenters. The van der Waals surface area contributed by atoms with Crippen molar-refractivity contribution in [2.75, 3.05) is 11.4 Å². The highest BCUT2D eigenvalue weighted by atomic mass is 16.4. The van der Waals surface area contributed by atoms with E-state index in [0.717, 1.165) is 12.1 Å². The van der Waals surface area contributed by atoms with Gasteiger partial charge in [0.1, 0.15) is 6.54 Å². The number of carboxylic acids is 1. The minimum Gasteiger partial charge on any atom is -0.480 e. The molecular formula is C16H15NO2. The molecule has 96 valence electrons. The van der Waals surface area contributed by atoms with Crippen molar-refractivity contribution in [2.24, 2.45) is 0 Å². The Labute approximate surface area is 112 Å². The highest BCUT2D eigenvalue weighted by molar-refractivity contribution is 5.76. The number of aliphatic carboxylic acids is 1. The topological polar surface area (TPSA) is 40.5 Å². The van der Waals surface area contributed by atoms with Crippen LogP contribution in [0.5, 0.6) is 0 Å². The van der Waals surface area contributed by atoms with Crippen LogP contribution in [0.15, 0.2) is 54.6 Å². The molecule has 1 unspecified atom stereocenters. The summed E-state index contributed by atoms with van der Waals surface area (Å²) in [5.41, 5.74) is 3.43. The Balaban J connectivity index is 2.00. The van der Waals surface area contributed by atoms with Gasteiger partial charge in [-0.25, -0.2) is 0 Å². The molecule has 0 aliphatic carbocycles. The molecule has 1 aliphatic rings. The molecule has 3 nitrogen and oxygen atoms in total. The second-order valence-electron chi connectivity index (χ2n) is 4.78. The molecule has 2 aromatic rings. The molecule has 0 saturated carbocycles. The van der Waals surface area contributed by atoms with E-state index in [0.29, 0.717) is 0 Å². The van der Waals surface area contributed by atoms with Crippen molar-refractivity contribution in [1.82, 2.24) is 0 Å².